The van der Waals surface area contributed by atoms with Crippen molar-refractivity contribution in [3.05, 3.63) is 27.6 Å². The van der Waals surface area contributed by atoms with Crippen molar-refractivity contribution in [1.29, 1.82) is 0 Å². The van der Waals surface area contributed by atoms with Crippen molar-refractivity contribution in [2.45, 2.75) is 6.92 Å². The highest BCUT2D eigenvalue weighted by Gasteiger charge is 2.08. The highest BCUT2D eigenvalue weighted by Crippen LogP contribution is 2.31. The zero-order valence-corrected chi connectivity index (χ0v) is 8.04. The van der Waals surface area contributed by atoms with Gasteiger partial charge >= 0.3 is 0 Å². The molecule has 13 heavy (non-hydrogen) atoms. The van der Waals surface area contributed by atoms with Gasteiger partial charge in [-0.2, -0.15) is 0 Å². The second kappa shape index (κ2) is 3.72. The van der Waals surface area contributed by atoms with Gasteiger partial charge < -0.3 is 0 Å². The summed E-state index contributed by atoms with van der Waals surface area (Å²) in [6.45, 7) is 1.73. The molecule has 0 radical (unpaired) electrons. The maximum atomic E-state index is 10.3. The van der Waals surface area contributed by atoms with Crippen LogP contribution in [0.3, 0.4) is 0 Å². The first kappa shape index (κ1) is 9.95. The minimum absolute atomic E-state index is 0.278. The first-order valence-corrected chi connectivity index (χ1v) is 4.00. The summed E-state index contributed by atoms with van der Waals surface area (Å²) in [5, 5.41) is 13.2. The molecule has 0 aromatic heterocycles. The van der Waals surface area contributed by atoms with Crippen molar-refractivity contribution in [1.82, 2.24) is 0 Å². The van der Waals surface area contributed by atoms with Gasteiger partial charge in [0.05, 0.1) is 10.7 Å². The van der Waals surface area contributed by atoms with Crippen LogP contribution in [-0.2, 0) is 0 Å². The Morgan fingerprint density at radius 3 is 2.62 bits per heavy atom. The average Bonchev–Trinajstić information content (AvgIpc) is 2.03. The molecular weight excluding hydrogens is 192 g/mol. The van der Waals surface area contributed by atoms with Crippen LogP contribution in [0, 0.1) is 11.8 Å². The topological polar surface area (TPSA) is 52.9 Å². The molecule has 0 aliphatic carbocycles. The summed E-state index contributed by atoms with van der Waals surface area (Å²) in [6.07, 6.45) is 0. The van der Waals surface area contributed by atoms with E-state index in [4.69, 9.17) is 16.8 Å². The number of benzene rings is 1. The van der Waals surface area contributed by atoms with E-state index in [1.807, 2.05) is 0 Å². The third-order valence-corrected chi connectivity index (χ3v) is 2.02. The molecule has 0 amide bonds. The Labute approximate surface area is 80.7 Å². The normalized spacial score (nSPS) is 9.85. The van der Waals surface area contributed by atoms with E-state index in [9.17, 15) is 4.91 Å². The van der Waals surface area contributed by atoms with Crippen molar-refractivity contribution in [3.63, 3.8) is 0 Å². The molecule has 1 aromatic carbocycles. The van der Waals surface area contributed by atoms with E-state index in [2.05, 4.69) is 5.18 Å². The van der Waals surface area contributed by atoms with Gasteiger partial charge in [-0.25, -0.2) is 0 Å². The molecule has 0 spiro atoms. The molecule has 0 unspecified atom stereocenters. The third-order valence-electron chi connectivity index (χ3n) is 1.71. The lowest BCUT2D eigenvalue weighted by Crippen LogP contribution is -2.10. The summed E-state index contributed by atoms with van der Waals surface area (Å²) >= 11 is 5.81. The Kier molecular flexibility index (Phi) is 2.85. The molecular formula is C8H9ClN2O2. The molecule has 0 atom stereocenters. The molecule has 0 saturated carbocycles. The first-order valence-electron chi connectivity index (χ1n) is 3.62. The summed E-state index contributed by atoms with van der Waals surface area (Å²) in [4.78, 5) is 10.3. The van der Waals surface area contributed by atoms with Gasteiger partial charge in [0, 0.05) is 7.05 Å². The number of aryl methyl sites for hydroxylation is 1. The predicted octanol–water partition coefficient (Wildman–Crippen LogP) is 2.87. The zero-order valence-electron chi connectivity index (χ0n) is 7.28. The molecule has 0 bridgehead atoms. The fourth-order valence-corrected chi connectivity index (χ4v) is 1.34. The fourth-order valence-electron chi connectivity index (χ4n) is 0.997. The number of halogens is 1. The number of rotatable bonds is 2. The SMILES string of the molecule is Cc1cc(Cl)c(N(C)O)cc1N=O. The van der Waals surface area contributed by atoms with Crippen molar-refractivity contribution >= 4 is 23.0 Å². The van der Waals surface area contributed by atoms with Crippen LogP contribution >= 0.6 is 11.6 Å². The van der Waals surface area contributed by atoms with Gasteiger partial charge in [-0.05, 0) is 29.8 Å². The number of nitrogens with zero attached hydrogens (tertiary/aromatic N) is 2. The van der Waals surface area contributed by atoms with Crippen molar-refractivity contribution < 1.29 is 5.21 Å². The molecule has 0 fully saturated rings. The lowest BCUT2D eigenvalue weighted by Gasteiger charge is -2.13. The molecule has 0 aliphatic rings. The van der Waals surface area contributed by atoms with Crippen LogP contribution in [0.2, 0.25) is 5.02 Å². The highest BCUT2D eigenvalue weighted by molar-refractivity contribution is 6.33. The molecule has 5 heteroatoms. The van der Waals surface area contributed by atoms with Crippen LogP contribution in [0.15, 0.2) is 17.3 Å². The lowest BCUT2D eigenvalue weighted by molar-refractivity contribution is 0.279. The second-order valence-corrected chi connectivity index (χ2v) is 3.11. The number of hydrogen-bond acceptors (Lipinski definition) is 4. The molecule has 0 heterocycles. The van der Waals surface area contributed by atoms with E-state index in [0.29, 0.717) is 16.3 Å². The predicted molar refractivity (Wildman–Crippen MR) is 51.8 cm³/mol. The van der Waals surface area contributed by atoms with E-state index in [1.165, 1.54) is 13.1 Å². The molecule has 0 aliphatic heterocycles. The van der Waals surface area contributed by atoms with Crippen LogP contribution in [0.4, 0.5) is 11.4 Å². The number of anilines is 1. The van der Waals surface area contributed by atoms with Gasteiger partial charge in [-0.15, -0.1) is 4.91 Å². The fraction of sp³-hybridized carbons (Fsp3) is 0.250. The molecule has 0 saturated heterocycles. The van der Waals surface area contributed by atoms with E-state index in [1.54, 1.807) is 13.0 Å². The summed E-state index contributed by atoms with van der Waals surface area (Å²) in [7, 11) is 1.42. The minimum atomic E-state index is 0.278. The number of hydroxylamine groups is 1. The average molecular weight is 201 g/mol. The molecule has 4 nitrogen and oxygen atoms in total. The largest absolute Gasteiger partial charge is 0.289 e. The number of hydrogen-bond donors (Lipinski definition) is 1. The molecule has 1 rings (SSSR count). The van der Waals surface area contributed by atoms with Crippen LogP contribution in [0.25, 0.3) is 0 Å². The van der Waals surface area contributed by atoms with Crippen LogP contribution in [0.5, 0.6) is 0 Å². The van der Waals surface area contributed by atoms with E-state index in [0.717, 1.165) is 5.06 Å². The summed E-state index contributed by atoms with van der Waals surface area (Å²) in [5.74, 6) is 0. The quantitative estimate of drug-likeness (QED) is 0.590. The molecule has 1 N–H and O–H groups in total. The lowest BCUT2D eigenvalue weighted by atomic mass is 10.2. The zero-order chi connectivity index (χ0) is 10.0. The first-order chi connectivity index (χ1) is 6.06. The smallest absolute Gasteiger partial charge is 0.113 e. The molecule has 70 valence electrons. The second-order valence-electron chi connectivity index (χ2n) is 2.71. The summed E-state index contributed by atoms with van der Waals surface area (Å²) in [5.41, 5.74) is 1.33. The van der Waals surface area contributed by atoms with Gasteiger partial charge in [-0.3, -0.25) is 10.3 Å². The third kappa shape index (κ3) is 1.96. The Bertz CT molecular complexity index is 339. The number of nitroso groups, excluding NO2 is 1. The van der Waals surface area contributed by atoms with Crippen LogP contribution < -0.4 is 5.06 Å². The summed E-state index contributed by atoms with van der Waals surface area (Å²) in [6, 6.07) is 3.02. The Hall–Kier alpha value is -1.13. The van der Waals surface area contributed by atoms with Gasteiger partial charge in [0.25, 0.3) is 0 Å². The van der Waals surface area contributed by atoms with Crippen molar-refractivity contribution in [3.8, 4) is 0 Å². The minimum Gasteiger partial charge on any atom is -0.289 e. The van der Waals surface area contributed by atoms with Crippen molar-refractivity contribution in [2.24, 2.45) is 5.18 Å². The molecule has 1 aromatic rings. The van der Waals surface area contributed by atoms with E-state index < -0.39 is 0 Å². The standard InChI is InChI=1S/C8H9ClN2O2/c1-5-3-6(9)8(11(2)13)4-7(5)10-12/h3-4,13H,1-2H3. The Balaban J connectivity index is 3.30. The Morgan fingerprint density at radius 2 is 2.15 bits per heavy atom. The maximum Gasteiger partial charge on any atom is 0.113 e. The van der Waals surface area contributed by atoms with Crippen molar-refractivity contribution in [2.75, 3.05) is 12.1 Å². The van der Waals surface area contributed by atoms with Crippen LogP contribution in [0.1, 0.15) is 5.56 Å². The van der Waals surface area contributed by atoms with Crippen LogP contribution in [-0.4, -0.2) is 12.3 Å². The maximum absolute atomic E-state index is 10.3. The van der Waals surface area contributed by atoms with Gasteiger partial charge in [-0.1, -0.05) is 11.6 Å². The van der Waals surface area contributed by atoms with Gasteiger partial charge in [0.1, 0.15) is 5.69 Å². The monoisotopic (exact) mass is 200 g/mol. The van der Waals surface area contributed by atoms with Gasteiger partial charge in [0.15, 0.2) is 0 Å². The van der Waals surface area contributed by atoms with E-state index >= 15 is 0 Å². The van der Waals surface area contributed by atoms with Gasteiger partial charge in [0.2, 0.25) is 0 Å². The van der Waals surface area contributed by atoms with E-state index in [-0.39, 0.29) is 5.69 Å². The highest BCUT2D eigenvalue weighted by atomic mass is 35.5. The Morgan fingerprint density at radius 1 is 1.54 bits per heavy atom. The summed E-state index contributed by atoms with van der Waals surface area (Å²) < 4.78 is 0.